The molecule has 156 valence electrons. The summed E-state index contributed by atoms with van der Waals surface area (Å²) in [7, 11) is -7.74. The lowest BCUT2D eigenvalue weighted by Gasteiger charge is -2.19. The van der Waals surface area contributed by atoms with Crippen molar-refractivity contribution in [2.24, 2.45) is 5.41 Å². The van der Waals surface area contributed by atoms with Crippen LogP contribution < -0.4 is 9.03 Å². The maximum Gasteiger partial charge on any atom is 0.262 e. The van der Waals surface area contributed by atoms with Crippen molar-refractivity contribution in [1.29, 1.82) is 0 Å². The van der Waals surface area contributed by atoms with Gasteiger partial charge in [0.25, 0.3) is 10.0 Å². The van der Waals surface area contributed by atoms with E-state index in [2.05, 4.69) is 4.72 Å². The molecule has 0 radical (unpaired) electrons. The molecule has 0 spiro atoms. The summed E-state index contributed by atoms with van der Waals surface area (Å²) in [5.74, 6) is -0.836. The van der Waals surface area contributed by atoms with E-state index in [0.29, 0.717) is 21.8 Å². The number of nitrogens with one attached hydrogen (secondary N) is 1. The van der Waals surface area contributed by atoms with Gasteiger partial charge in [0.2, 0.25) is 15.9 Å². The molecule has 1 aliphatic heterocycles. The number of sulfonamides is 2. The van der Waals surface area contributed by atoms with Crippen molar-refractivity contribution in [2.75, 3.05) is 14.8 Å². The topological polar surface area (TPSA) is 101 Å². The molecule has 0 saturated carbocycles. The number of benzene rings is 2. The van der Waals surface area contributed by atoms with E-state index in [-0.39, 0.29) is 16.3 Å². The Morgan fingerprint density at radius 3 is 2.24 bits per heavy atom. The minimum Gasteiger partial charge on any atom is -0.279 e. The molecule has 1 saturated heterocycles. The van der Waals surface area contributed by atoms with Gasteiger partial charge in [0.05, 0.1) is 27.4 Å². The van der Waals surface area contributed by atoms with Gasteiger partial charge < -0.3 is 0 Å². The number of nitrogens with zero attached hydrogens (tertiary/aromatic N) is 1. The fourth-order valence-corrected chi connectivity index (χ4v) is 6.95. The molecule has 29 heavy (non-hydrogen) atoms. The molecule has 10 heteroatoms. The highest BCUT2D eigenvalue weighted by atomic mass is 35.5. The summed E-state index contributed by atoms with van der Waals surface area (Å²) < 4.78 is 53.9. The highest BCUT2D eigenvalue weighted by molar-refractivity contribution is 7.94. The monoisotopic (exact) mass is 456 g/mol. The average molecular weight is 457 g/mol. The van der Waals surface area contributed by atoms with Crippen molar-refractivity contribution in [1.82, 2.24) is 0 Å². The van der Waals surface area contributed by atoms with E-state index < -0.39 is 31.4 Å². The number of hydrogen-bond donors (Lipinski definition) is 1. The van der Waals surface area contributed by atoms with E-state index in [0.717, 1.165) is 4.31 Å². The first-order chi connectivity index (χ1) is 13.2. The molecule has 2 aromatic rings. The predicted molar refractivity (Wildman–Crippen MR) is 113 cm³/mol. The van der Waals surface area contributed by atoms with Crippen LogP contribution in [0.15, 0.2) is 41.3 Å². The Morgan fingerprint density at radius 2 is 1.72 bits per heavy atom. The normalized spacial score (nSPS) is 18.1. The standard InChI is InChI=1S/C19H21ClN2O5S2/c1-12-9-14(20)5-7-16(12)21-29(26,27)17-8-6-15(10-13(17)2)22-18(23)19(3,4)11-28(22,24)25/h5-10,21H,11H2,1-4H3. The Balaban J connectivity index is 1.98. The Morgan fingerprint density at radius 1 is 1.07 bits per heavy atom. The first kappa shape index (κ1) is 21.6. The summed E-state index contributed by atoms with van der Waals surface area (Å²) >= 11 is 5.91. The Bertz CT molecular complexity index is 1220. The van der Waals surface area contributed by atoms with Gasteiger partial charge in [-0.05, 0) is 75.2 Å². The molecule has 2 aromatic carbocycles. The van der Waals surface area contributed by atoms with Gasteiger partial charge in [-0.15, -0.1) is 0 Å². The largest absolute Gasteiger partial charge is 0.279 e. The molecular formula is C19H21ClN2O5S2. The highest BCUT2D eigenvalue weighted by Gasteiger charge is 2.50. The van der Waals surface area contributed by atoms with E-state index in [9.17, 15) is 21.6 Å². The number of halogens is 1. The molecule has 0 atom stereocenters. The van der Waals surface area contributed by atoms with Crippen LogP contribution in [0.4, 0.5) is 11.4 Å². The summed E-state index contributed by atoms with van der Waals surface area (Å²) in [6.45, 7) is 6.41. The van der Waals surface area contributed by atoms with Crippen LogP contribution in [0.25, 0.3) is 0 Å². The lowest BCUT2D eigenvalue weighted by molar-refractivity contribution is -0.123. The van der Waals surface area contributed by atoms with Gasteiger partial charge in [0.1, 0.15) is 0 Å². The molecule has 7 nitrogen and oxygen atoms in total. The zero-order valence-corrected chi connectivity index (χ0v) is 18.7. The van der Waals surface area contributed by atoms with Crippen LogP contribution in [0, 0.1) is 19.3 Å². The van der Waals surface area contributed by atoms with Gasteiger partial charge in [-0.3, -0.25) is 9.52 Å². The van der Waals surface area contributed by atoms with Crippen molar-refractivity contribution in [2.45, 2.75) is 32.6 Å². The van der Waals surface area contributed by atoms with Crippen molar-refractivity contribution in [3.05, 3.63) is 52.5 Å². The second-order valence-corrected chi connectivity index (χ2v) is 11.6. The minimum atomic E-state index is -3.93. The van der Waals surface area contributed by atoms with Gasteiger partial charge in [-0.1, -0.05) is 11.6 Å². The third-order valence-corrected chi connectivity index (χ3v) is 8.48. The number of carbonyl (C=O) groups excluding carboxylic acids is 1. The number of carbonyl (C=O) groups is 1. The fourth-order valence-electron chi connectivity index (χ4n) is 3.26. The molecule has 1 N–H and O–H groups in total. The summed E-state index contributed by atoms with van der Waals surface area (Å²) in [6, 6.07) is 8.80. The summed E-state index contributed by atoms with van der Waals surface area (Å²) in [5, 5.41) is 0.491. The van der Waals surface area contributed by atoms with E-state index >= 15 is 0 Å². The zero-order chi connectivity index (χ0) is 21.8. The summed E-state index contributed by atoms with van der Waals surface area (Å²) in [4.78, 5) is 12.5. The van der Waals surface area contributed by atoms with Crippen LogP contribution in [-0.4, -0.2) is 28.5 Å². The van der Waals surface area contributed by atoms with Crippen molar-refractivity contribution in [3.8, 4) is 0 Å². The SMILES string of the molecule is Cc1cc(Cl)ccc1NS(=O)(=O)c1ccc(N2C(=O)C(C)(C)CS2(=O)=O)cc1C. The zero-order valence-electron chi connectivity index (χ0n) is 16.4. The molecule has 1 heterocycles. The van der Waals surface area contributed by atoms with E-state index in [4.69, 9.17) is 11.6 Å². The Labute approximate surface area is 175 Å². The van der Waals surface area contributed by atoms with E-state index in [1.807, 2.05) is 0 Å². The third-order valence-electron chi connectivity index (χ3n) is 4.70. The lowest BCUT2D eigenvalue weighted by atomic mass is 9.95. The van der Waals surface area contributed by atoms with Crippen LogP contribution in [-0.2, 0) is 24.8 Å². The third kappa shape index (κ3) is 3.99. The molecule has 0 unspecified atom stereocenters. The molecule has 1 amide bonds. The average Bonchev–Trinajstić information content (AvgIpc) is 2.72. The quantitative estimate of drug-likeness (QED) is 0.759. The summed E-state index contributed by atoms with van der Waals surface area (Å²) in [5.41, 5.74) is 0.447. The van der Waals surface area contributed by atoms with Crippen molar-refractivity contribution in [3.63, 3.8) is 0 Å². The van der Waals surface area contributed by atoms with E-state index in [1.54, 1.807) is 45.9 Å². The van der Waals surface area contributed by atoms with Gasteiger partial charge in [-0.25, -0.2) is 21.1 Å². The van der Waals surface area contributed by atoms with Crippen LogP contribution in [0.1, 0.15) is 25.0 Å². The molecule has 0 aliphatic carbocycles. The molecule has 0 bridgehead atoms. The fraction of sp³-hybridized carbons (Fsp3) is 0.316. The Kier molecular flexibility index (Phi) is 5.21. The van der Waals surface area contributed by atoms with Gasteiger partial charge >= 0.3 is 0 Å². The number of hydrogen-bond acceptors (Lipinski definition) is 5. The van der Waals surface area contributed by atoms with Crippen LogP contribution in [0.5, 0.6) is 0 Å². The number of rotatable bonds is 4. The van der Waals surface area contributed by atoms with Crippen molar-refractivity contribution < 1.29 is 21.6 Å². The summed E-state index contributed by atoms with van der Waals surface area (Å²) in [6.07, 6.45) is 0. The second-order valence-electron chi connectivity index (χ2n) is 7.72. The molecule has 0 aromatic heterocycles. The van der Waals surface area contributed by atoms with E-state index in [1.165, 1.54) is 18.2 Å². The van der Waals surface area contributed by atoms with Crippen LogP contribution >= 0.6 is 11.6 Å². The maximum atomic E-state index is 12.8. The van der Waals surface area contributed by atoms with Crippen molar-refractivity contribution >= 4 is 48.9 Å². The first-order valence-electron chi connectivity index (χ1n) is 8.72. The van der Waals surface area contributed by atoms with Crippen LogP contribution in [0.2, 0.25) is 5.02 Å². The second kappa shape index (κ2) is 7.00. The van der Waals surface area contributed by atoms with Crippen LogP contribution in [0.3, 0.4) is 0 Å². The minimum absolute atomic E-state index is 0.0149. The molecule has 1 aliphatic rings. The smallest absolute Gasteiger partial charge is 0.262 e. The highest BCUT2D eigenvalue weighted by Crippen LogP contribution is 2.37. The first-order valence-corrected chi connectivity index (χ1v) is 12.2. The molecule has 1 fully saturated rings. The van der Waals surface area contributed by atoms with Gasteiger partial charge in [0.15, 0.2) is 0 Å². The predicted octanol–water partition coefficient (Wildman–Crippen LogP) is 3.46. The molecular weight excluding hydrogens is 436 g/mol. The van der Waals surface area contributed by atoms with Gasteiger partial charge in [0, 0.05) is 5.02 Å². The number of amides is 1. The molecule has 3 rings (SSSR count). The van der Waals surface area contributed by atoms with Gasteiger partial charge in [-0.2, -0.15) is 0 Å². The number of aryl methyl sites for hydroxylation is 2. The maximum absolute atomic E-state index is 12.8. The number of anilines is 2. The lowest BCUT2D eigenvalue weighted by Crippen LogP contribution is -2.33. The Hall–Kier alpha value is -2.10.